The maximum atomic E-state index is 13.1. The third kappa shape index (κ3) is 12.0. The van der Waals surface area contributed by atoms with Crippen molar-refractivity contribution in [3.63, 3.8) is 0 Å². The van der Waals surface area contributed by atoms with E-state index in [0.717, 1.165) is 0 Å². The summed E-state index contributed by atoms with van der Waals surface area (Å²) in [6.45, 7) is 3.61. The summed E-state index contributed by atoms with van der Waals surface area (Å²) in [5.74, 6) is -5.23. The summed E-state index contributed by atoms with van der Waals surface area (Å²) in [6, 6.07) is 3.64. The second kappa shape index (κ2) is 15.2. The Hall–Kier alpha value is -4.00. The SMILES string of the molecule is CC(C)CC(NC(=O)C(Cc1ccccc1)NC(=O)C(CCC(N)=O)NC(=O)C(N)CC(N)=O)C(=O)O. The van der Waals surface area contributed by atoms with E-state index in [4.69, 9.17) is 17.2 Å². The molecule has 5 amide bonds. The van der Waals surface area contributed by atoms with E-state index in [9.17, 15) is 33.9 Å². The summed E-state index contributed by atoms with van der Waals surface area (Å²) in [4.78, 5) is 72.7. The molecule has 0 fully saturated rings. The maximum absolute atomic E-state index is 13.1. The lowest BCUT2D eigenvalue weighted by Gasteiger charge is -2.25. The smallest absolute Gasteiger partial charge is 0.326 e. The molecule has 4 unspecified atom stereocenters. The highest BCUT2D eigenvalue weighted by Gasteiger charge is 2.31. The van der Waals surface area contributed by atoms with Gasteiger partial charge in [0.1, 0.15) is 18.1 Å². The summed E-state index contributed by atoms with van der Waals surface area (Å²) >= 11 is 0. The Kier molecular flexibility index (Phi) is 12.7. The van der Waals surface area contributed by atoms with Crippen molar-refractivity contribution in [1.29, 1.82) is 0 Å². The molecule has 0 radical (unpaired) electrons. The van der Waals surface area contributed by atoms with Crippen LogP contribution in [0.2, 0.25) is 0 Å². The lowest BCUT2D eigenvalue weighted by molar-refractivity contribution is -0.142. The number of carboxylic acids is 1. The van der Waals surface area contributed by atoms with E-state index >= 15 is 0 Å². The highest BCUT2D eigenvalue weighted by Crippen LogP contribution is 2.09. The molecule has 4 atom stereocenters. The predicted octanol–water partition coefficient (Wildman–Crippen LogP) is -1.72. The van der Waals surface area contributed by atoms with Crippen LogP contribution in [0.5, 0.6) is 0 Å². The van der Waals surface area contributed by atoms with E-state index in [0.29, 0.717) is 5.56 Å². The largest absolute Gasteiger partial charge is 0.480 e. The van der Waals surface area contributed by atoms with Crippen LogP contribution in [0.4, 0.5) is 0 Å². The van der Waals surface area contributed by atoms with Gasteiger partial charge in [-0.25, -0.2) is 4.79 Å². The molecule has 0 aromatic heterocycles. The number of carboxylic acid groups (broad SMARTS) is 1. The third-order valence-corrected chi connectivity index (χ3v) is 5.31. The van der Waals surface area contributed by atoms with E-state index in [1.165, 1.54) is 0 Å². The number of carbonyl (C=O) groups excluding carboxylic acids is 5. The zero-order valence-electron chi connectivity index (χ0n) is 20.9. The molecule has 10 N–H and O–H groups in total. The molecule has 13 nitrogen and oxygen atoms in total. The average molecular weight is 521 g/mol. The minimum absolute atomic E-state index is 0.0180. The summed E-state index contributed by atoms with van der Waals surface area (Å²) in [7, 11) is 0. The molecular formula is C24H36N6O7. The Labute approximate surface area is 214 Å². The quantitative estimate of drug-likeness (QED) is 0.132. The minimum Gasteiger partial charge on any atom is -0.480 e. The number of primary amides is 2. The van der Waals surface area contributed by atoms with Crippen LogP contribution in [-0.2, 0) is 35.2 Å². The molecule has 37 heavy (non-hydrogen) atoms. The van der Waals surface area contributed by atoms with Crippen molar-refractivity contribution in [2.75, 3.05) is 0 Å². The Balaban J connectivity index is 3.15. The van der Waals surface area contributed by atoms with Gasteiger partial charge in [-0.05, 0) is 24.3 Å². The molecule has 13 heteroatoms. The molecule has 1 aromatic carbocycles. The van der Waals surface area contributed by atoms with E-state index < -0.39 is 66.1 Å². The minimum atomic E-state index is -1.34. The van der Waals surface area contributed by atoms with Crippen molar-refractivity contribution in [3.05, 3.63) is 35.9 Å². The molecule has 0 aliphatic carbocycles. The molecule has 0 heterocycles. The van der Waals surface area contributed by atoms with Crippen molar-refractivity contribution >= 4 is 35.5 Å². The highest BCUT2D eigenvalue weighted by molar-refractivity contribution is 5.95. The summed E-state index contributed by atoms with van der Waals surface area (Å²) in [5, 5.41) is 16.8. The van der Waals surface area contributed by atoms with Gasteiger partial charge in [-0.3, -0.25) is 24.0 Å². The topological polar surface area (TPSA) is 237 Å². The fourth-order valence-corrected chi connectivity index (χ4v) is 3.44. The van der Waals surface area contributed by atoms with E-state index in [1.807, 2.05) is 0 Å². The maximum Gasteiger partial charge on any atom is 0.326 e. The lowest BCUT2D eigenvalue weighted by Crippen LogP contribution is -2.58. The third-order valence-electron chi connectivity index (χ3n) is 5.31. The molecule has 0 bridgehead atoms. The summed E-state index contributed by atoms with van der Waals surface area (Å²) < 4.78 is 0. The van der Waals surface area contributed by atoms with Crippen LogP contribution < -0.4 is 33.2 Å². The van der Waals surface area contributed by atoms with Gasteiger partial charge in [-0.2, -0.15) is 0 Å². The van der Waals surface area contributed by atoms with Crippen molar-refractivity contribution < 1.29 is 33.9 Å². The monoisotopic (exact) mass is 520 g/mol. The second-order valence-electron chi connectivity index (χ2n) is 9.12. The molecule has 0 aliphatic heterocycles. The van der Waals surface area contributed by atoms with Gasteiger partial charge in [0, 0.05) is 12.8 Å². The van der Waals surface area contributed by atoms with Crippen LogP contribution in [0.15, 0.2) is 30.3 Å². The number of rotatable bonds is 16. The van der Waals surface area contributed by atoms with Crippen LogP contribution in [-0.4, -0.2) is 64.8 Å². The number of nitrogens with two attached hydrogens (primary N) is 3. The van der Waals surface area contributed by atoms with Crippen molar-refractivity contribution in [2.45, 2.75) is 70.1 Å². The van der Waals surface area contributed by atoms with Crippen molar-refractivity contribution in [3.8, 4) is 0 Å². The molecule has 0 aliphatic rings. The number of nitrogens with one attached hydrogen (secondary N) is 3. The molecule has 0 saturated carbocycles. The molecule has 1 rings (SSSR count). The standard InChI is InChI=1S/C24H36N6O7/c1-13(2)10-18(24(36)37)30-23(35)17(11-14-6-4-3-5-7-14)29-22(34)16(8-9-19(26)31)28-21(33)15(25)12-20(27)32/h3-7,13,15-18H,8-12,25H2,1-2H3,(H2,26,31)(H2,27,32)(H,28,33)(H,29,34)(H,30,35)(H,36,37). The zero-order valence-corrected chi connectivity index (χ0v) is 20.9. The number of aliphatic carboxylic acids is 1. The molecule has 1 aromatic rings. The van der Waals surface area contributed by atoms with E-state index in [2.05, 4.69) is 16.0 Å². The number of benzene rings is 1. The van der Waals surface area contributed by atoms with Crippen molar-refractivity contribution in [2.24, 2.45) is 23.1 Å². The normalized spacial score (nSPS) is 14.1. The van der Waals surface area contributed by atoms with Crippen molar-refractivity contribution in [1.82, 2.24) is 16.0 Å². The van der Waals surface area contributed by atoms with E-state index in [1.54, 1.807) is 44.2 Å². The number of hydrogen-bond donors (Lipinski definition) is 7. The van der Waals surface area contributed by atoms with Crippen LogP contribution >= 0.6 is 0 Å². The highest BCUT2D eigenvalue weighted by atomic mass is 16.4. The molecule has 204 valence electrons. The molecule has 0 spiro atoms. The average Bonchev–Trinajstić information content (AvgIpc) is 2.80. The van der Waals surface area contributed by atoms with Gasteiger partial charge in [-0.15, -0.1) is 0 Å². The first-order valence-corrected chi connectivity index (χ1v) is 11.8. The number of hydrogen-bond acceptors (Lipinski definition) is 7. The zero-order chi connectivity index (χ0) is 28.1. The van der Waals surface area contributed by atoms with Crippen LogP contribution in [0.1, 0.15) is 45.1 Å². The van der Waals surface area contributed by atoms with Gasteiger partial charge in [0.05, 0.1) is 12.5 Å². The second-order valence-corrected chi connectivity index (χ2v) is 9.12. The fraction of sp³-hybridized carbons (Fsp3) is 0.500. The first kappa shape index (κ1) is 31.0. The summed E-state index contributed by atoms with van der Waals surface area (Å²) in [6.07, 6.45) is -0.761. The first-order chi connectivity index (χ1) is 17.3. The predicted molar refractivity (Wildman–Crippen MR) is 133 cm³/mol. The Bertz CT molecular complexity index is 970. The Morgan fingerprint density at radius 1 is 0.811 bits per heavy atom. The van der Waals surface area contributed by atoms with Gasteiger partial charge in [-0.1, -0.05) is 44.2 Å². The number of carbonyl (C=O) groups is 6. The number of amides is 5. The van der Waals surface area contributed by atoms with Gasteiger partial charge in [0.15, 0.2) is 0 Å². The Morgan fingerprint density at radius 3 is 1.86 bits per heavy atom. The summed E-state index contributed by atoms with van der Waals surface area (Å²) in [5.41, 5.74) is 16.6. The van der Waals surface area contributed by atoms with Gasteiger partial charge in [0.25, 0.3) is 0 Å². The molecular weight excluding hydrogens is 484 g/mol. The van der Waals surface area contributed by atoms with Gasteiger partial charge < -0.3 is 38.3 Å². The first-order valence-electron chi connectivity index (χ1n) is 11.8. The van der Waals surface area contributed by atoms with Gasteiger partial charge in [0.2, 0.25) is 29.5 Å². The van der Waals surface area contributed by atoms with E-state index in [-0.39, 0.29) is 31.6 Å². The van der Waals surface area contributed by atoms with Crippen LogP contribution in [0.3, 0.4) is 0 Å². The lowest BCUT2D eigenvalue weighted by atomic mass is 10.0. The Morgan fingerprint density at radius 2 is 1.35 bits per heavy atom. The molecule has 0 saturated heterocycles. The fourth-order valence-electron chi connectivity index (χ4n) is 3.44. The van der Waals surface area contributed by atoms with Crippen LogP contribution in [0.25, 0.3) is 0 Å². The van der Waals surface area contributed by atoms with Crippen LogP contribution in [0, 0.1) is 5.92 Å². The van der Waals surface area contributed by atoms with Gasteiger partial charge >= 0.3 is 5.97 Å².